The van der Waals surface area contributed by atoms with Crippen molar-refractivity contribution in [3.8, 4) is 0 Å². The smallest absolute Gasteiger partial charge is 0.0151 e. The Bertz CT molecular complexity index is 111. The molecule has 0 nitrogen and oxygen atoms in total. The Hall–Kier alpha value is 0. The summed E-state index contributed by atoms with van der Waals surface area (Å²) in [6, 6.07) is 0. The van der Waals surface area contributed by atoms with E-state index in [2.05, 4.69) is 13.8 Å². The Morgan fingerprint density at radius 1 is 1.50 bits per heavy atom. The molecule has 2 aliphatic rings. The second-order valence-corrected chi connectivity index (χ2v) is 3.69. The van der Waals surface area contributed by atoms with Gasteiger partial charge in [-0.2, -0.15) is 0 Å². The van der Waals surface area contributed by atoms with Crippen molar-refractivity contribution in [3.63, 3.8) is 0 Å². The first-order valence-corrected chi connectivity index (χ1v) is 3.58. The maximum atomic E-state index is 2.41. The van der Waals surface area contributed by atoms with E-state index in [1.165, 1.54) is 19.3 Å². The van der Waals surface area contributed by atoms with Crippen LogP contribution in [-0.4, -0.2) is 0 Å². The average Bonchev–Trinajstić information content (AvgIpc) is 2.47. The molecule has 2 fully saturated rings. The van der Waals surface area contributed by atoms with Crippen molar-refractivity contribution in [1.29, 1.82) is 0 Å². The average molecular weight is 109 g/mol. The summed E-state index contributed by atoms with van der Waals surface area (Å²) in [4.78, 5) is 0. The molecule has 2 aliphatic carbocycles. The van der Waals surface area contributed by atoms with Crippen molar-refractivity contribution in [2.45, 2.75) is 33.1 Å². The predicted molar refractivity (Wildman–Crippen MR) is 34.4 cm³/mol. The summed E-state index contributed by atoms with van der Waals surface area (Å²) in [5, 5.41) is 0. The minimum absolute atomic E-state index is 0.749. The SMILES string of the molecule is CC1C[C]1C1(C)CC1. The third kappa shape index (κ3) is 0.519. The van der Waals surface area contributed by atoms with Crippen LogP contribution in [0, 0.1) is 17.3 Å². The zero-order chi connectivity index (χ0) is 5.78. The van der Waals surface area contributed by atoms with Gasteiger partial charge in [-0.05, 0) is 36.5 Å². The molecule has 1 unspecified atom stereocenters. The van der Waals surface area contributed by atoms with Gasteiger partial charge in [0, 0.05) is 0 Å². The number of rotatable bonds is 1. The van der Waals surface area contributed by atoms with Gasteiger partial charge in [0.05, 0.1) is 0 Å². The first-order valence-electron chi connectivity index (χ1n) is 3.58. The van der Waals surface area contributed by atoms with E-state index in [-0.39, 0.29) is 0 Å². The van der Waals surface area contributed by atoms with Gasteiger partial charge in [0.1, 0.15) is 0 Å². The summed E-state index contributed by atoms with van der Waals surface area (Å²) in [6.07, 6.45) is 4.40. The van der Waals surface area contributed by atoms with E-state index in [1.807, 2.05) is 5.92 Å². The summed E-state index contributed by atoms with van der Waals surface area (Å²) >= 11 is 0. The van der Waals surface area contributed by atoms with Crippen LogP contribution in [0.25, 0.3) is 0 Å². The van der Waals surface area contributed by atoms with Gasteiger partial charge in [0.25, 0.3) is 0 Å². The minimum atomic E-state index is 0.749. The highest BCUT2D eigenvalue weighted by Gasteiger charge is 2.54. The first-order chi connectivity index (χ1) is 3.72. The molecule has 8 heavy (non-hydrogen) atoms. The van der Waals surface area contributed by atoms with Gasteiger partial charge in [0.2, 0.25) is 0 Å². The van der Waals surface area contributed by atoms with Gasteiger partial charge in [-0.3, -0.25) is 0 Å². The summed E-state index contributed by atoms with van der Waals surface area (Å²) in [5.41, 5.74) is 0.749. The molecule has 0 aromatic heterocycles. The normalized spacial score (nSPS) is 42.0. The number of hydrogen-bond donors (Lipinski definition) is 0. The van der Waals surface area contributed by atoms with Crippen LogP contribution in [0.5, 0.6) is 0 Å². The molecular weight excluding hydrogens is 96.1 g/mol. The topological polar surface area (TPSA) is 0 Å². The summed E-state index contributed by atoms with van der Waals surface area (Å²) in [7, 11) is 0. The van der Waals surface area contributed by atoms with Crippen molar-refractivity contribution in [2.24, 2.45) is 11.3 Å². The summed E-state index contributed by atoms with van der Waals surface area (Å²) in [6.45, 7) is 4.75. The van der Waals surface area contributed by atoms with Gasteiger partial charge in [-0.25, -0.2) is 0 Å². The van der Waals surface area contributed by atoms with Crippen LogP contribution in [0.4, 0.5) is 0 Å². The van der Waals surface area contributed by atoms with Crippen molar-refractivity contribution in [1.82, 2.24) is 0 Å². The molecule has 0 heterocycles. The molecule has 1 radical (unpaired) electrons. The highest BCUT2D eigenvalue weighted by molar-refractivity contribution is 5.26. The molecule has 2 saturated carbocycles. The lowest BCUT2D eigenvalue weighted by Gasteiger charge is -2.02. The second kappa shape index (κ2) is 1.12. The van der Waals surface area contributed by atoms with E-state index in [1.54, 1.807) is 0 Å². The standard InChI is InChI=1S/C8H13/c1-6-5-7(6)8(2)3-4-8/h6H,3-5H2,1-2H3. The van der Waals surface area contributed by atoms with Crippen LogP contribution in [0.1, 0.15) is 33.1 Å². The largest absolute Gasteiger partial charge is 0.0619 e. The van der Waals surface area contributed by atoms with E-state index in [0.29, 0.717) is 0 Å². The predicted octanol–water partition coefficient (Wildman–Crippen LogP) is 2.40. The lowest BCUT2D eigenvalue weighted by molar-refractivity contribution is 0.637. The van der Waals surface area contributed by atoms with Crippen LogP contribution in [0.3, 0.4) is 0 Å². The molecule has 45 valence electrons. The van der Waals surface area contributed by atoms with E-state index in [4.69, 9.17) is 0 Å². The molecule has 0 aromatic carbocycles. The number of hydrogen-bond acceptors (Lipinski definition) is 0. The molecule has 0 saturated heterocycles. The van der Waals surface area contributed by atoms with Crippen LogP contribution >= 0.6 is 0 Å². The van der Waals surface area contributed by atoms with Crippen molar-refractivity contribution >= 4 is 0 Å². The third-order valence-corrected chi connectivity index (χ3v) is 2.74. The van der Waals surface area contributed by atoms with E-state index in [9.17, 15) is 0 Å². The van der Waals surface area contributed by atoms with E-state index < -0.39 is 0 Å². The molecule has 0 bridgehead atoms. The van der Waals surface area contributed by atoms with E-state index in [0.717, 1.165) is 11.3 Å². The summed E-state index contributed by atoms with van der Waals surface area (Å²) < 4.78 is 0. The Morgan fingerprint density at radius 3 is 2.12 bits per heavy atom. The van der Waals surface area contributed by atoms with Gasteiger partial charge < -0.3 is 0 Å². The van der Waals surface area contributed by atoms with Crippen LogP contribution in [0.15, 0.2) is 0 Å². The van der Waals surface area contributed by atoms with E-state index >= 15 is 0 Å². The fourth-order valence-electron chi connectivity index (χ4n) is 1.62. The molecule has 1 atom stereocenters. The lowest BCUT2D eigenvalue weighted by atomic mass is 10.0. The van der Waals surface area contributed by atoms with Gasteiger partial charge in [0.15, 0.2) is 0 Å². The second-order valence-electron chi connectivity index (χ2n) is 3.69. The molecule has 2 rings (SSSR count). The molecule has 0 heteroatoms. The lowest BCUT2D eigenvalue weighted by Crippen LogP contribution is -1.93. The van der Waals surface area contributed by atoms with Crippen molar-refractivity contribution < 1.29 is 0 Å². The zero-order valence-electron chi connectivity index (χ0n) is 5.70. The minimum Gasteiger partial charge on any atom is -0.0619 e. The molecule has 0 N–H and O–H groups in total. The van der Waals surface area contributed by atoms with Gasteiger partial charge >= 0.3 is 0 Å². The maximum absolute atomic E-state index is 2.41. The first kappa shape index (κ1) is 4.84. The highest BCUT2D eigenvalue weighted by atomic mass is 14.6. The Kier molecular flexibility index (Phi) is 0.678. The molecule has 0 aromatic rings. The Balaban J connectivity index is 1.99. The highest BCUT2D eigenvalue weighted by Crippen LogP contribution is 2.65. The molecule has 0 amide bonds. The van der Waals surface area contributed by atoms with Crippen LogP contribution in [0.2, 0.25) is 0 Å². The van der Waals surface area contributed by atoms with Crippen LogP contribution < -0.4 is 0 Å². The molecule has 0 aliphatic heterocycles. The zero-order valence-corrected chi connectivity index (χ0v) is 5.70. The van der Waals surface area contributed by atoms with Crippen LogP contribution in [-0.2, 0) is 0 Å². The summed E-state index contributed by atoms with van der Waals surface area (Å²) in [5.74, 6) is 2.85. The van der Waals surface area contributed by atoms with Gasteiger partial charge in [-0.15, -0.1) is 0 Å². The fourth-order valence-corrected chi connectivity index (χ4v) is 1.62. The fraction of sp³-hybridized carbons (Fsp3) is 0.875. The van der Waals surface area contributed by atoms with Crippen molar-refractivity contribution in [2.75, 3.05) is 0 Å². The third-order valence-electron chi connectivity index (χ3n) is 2.74. The quantitative estimate of drug-likeness (QED) is 0.485. The van der Waals surface area contributed by atoms with Crippen molar-refractivity contribution in [3.05, 3.63) is 5.92 Å². The molecule has 0 spiro atoms. The Labute approximate surface area is 51.3 Å². The molecular formula is C8H13. The maximum Gasteiger partial charge on any atom is -0.0151 e. The monoisotopic (exact) mass is 109 g/mol. The Morgan fingerprint density at radius 2 is 2.00 bits per heavy atom. The van der Waals surface area contributed by atoms with Gasteiger partial charge in [-0.1, -0.05) is 13.8 Å².